The summed E-state index contributed by atoms with van der Waals surface area (Å²) in [5.41, 5.74) is 0.928. The van der Waals surface area contributed by atoms with Crippen LogP contribution in [0.2, 0.25) is 0 Å². The van der Waals surface area contributed by atoms with Crippen molar-refractivity contribution >= 4 is 0 Å². The van der Waals surface area contributed by atoms with Gasteiger partial charge in [0.25, 0.3) is 5.56 Å². The van der Waals surface area contributed by atoms with Crippen LogP contribution in [0.15, 0.2) is 17.1 Å². The molecular formula is C14H25N3O. The summed E-state index contributed by atoms with van der Waals surface area (Å²) in [6.45, 7) is 8.05. The molecule has 0 aliphatic rings. The highest BCUT2D eigenvalue weighted by molar-refractivity contribution is 5.02. The van der Waals surface area contributed by atoms with Gasteiger partial charge in [-0.15, -0.1) is 0 Å². The molecule has 0 bridgehead atoms. The smallest absolute Gasteiger partial charge is 0.266 e. The van der Waals surface area contributed by atoms with Crippen molar-refractivity contribution in [2.24, 2.45) is 0 Å². The molecule has 1 aromatic heterocycles. The SMILES string of the molecule is CCCNC(CC)CCCn1ncc(C)cc1=O. The van der Waals surface area contributed by atoms with Gasteiger partial charge in [0.1, 0.15) is 0 Å². The van der Waals surface area contributed by atoms with Crippen LogP contribution in [0.5, 0.6) is 0 Å². The summed E-state index contributed by atoms with van der Waals surface area (Å²) >= 11 is 0. The molecule has 0 fully saturated rings. The number of aryl methyl sites for hydroxylation is 2. The fraction of sp³-hybridized carbons (Fsp3) is 0.714. The maximum atomic E-state index is 11.6. The van der Waals surface area contributed by atoms with Gasteiger partial charge < -0.3 is 5.32 Å². The number of nitrogens with zero attached hydrogens (tertiary/aromatic N) is 2. The third kappa shape index (κ3) is 5.00. The van der Waals surface area contributed by atoms with Crippen LogP contribution in [-0.2, 0) is 6.54 Å². The lowest BCUT2D eigenvalue weighted by molar-refractivity contribution is 0.426. The van der Waals surface area contributed by atoms with Crippen molar-refractivity contribution in [1.82, 2.24) is 15.1 Å². The zero-order valence-corrected chi connectivity index (χ0v) is 11.8. The van der Waals surface area contributed by atoms with Crippen molar-refractivity contribution < 1.29 is 0 Å². The van der Waals surface area contributed by atoms with Crippen LogP contribution in [0.4, 0.5) is 0 Å². The Labute approximate surface area is 109 Å². The predicted molar refractivity (Wildman–Crippen MR) is 74.8 cm³/mol. The molecule has 0 amide bonds. The molecule has 18 heavy (non-hydrogen) atoms. The molecule has 1 rings (SSSR count). The number of aromatic nitrogens is 2. The van der Waals surface area contributed by atoms with Gasteiger partial charge in [-0.25, -0.2) is 4.68 Å². The maximum Gasteiger partial charge on any atom is 0.266 e. The molecule has 1 heterocycles. The van der Waals surface area contributed by atoms with Gasteiger partial charge in [0.2, 0.25) is 0 Å². The first-order valence-corrected chi connectivity index (χ1v) is 6.94. The van der Waals surface area contributed by atoms with Crippen LogP contribution in [0.3, 0.4) is 0 Å². The molecule has 0 saturated heterocycles. The van der Waals surface area contributed by atoms with Crippen molar-refractivity contribution in [3.8, 4) is 0 Å². The second kappa shape index (κ2) is 8.03. The summed E-state index contributed by atoms with van der Waals surface area (Å²) < 4.78 is 1.56. The Morgan fingerprint density at radius 3 is 2.83 bits per heavy atom. The van der Waals surface area contributed by atoms with Crippen LogP contribution in [-0.4, -0.2) is 22.4 Å². The van der Waals surface area contributed by atoms with E-state index in [2.05, 4.69) is 24.3 Å². The second-order valence-electron chi connectivity index (χ2n) is 4.80. The Morgan fingerprint density at radius 1 is 1.44 bits per heavy atom. The average Bonchev–Trinajstić information content (AvgIpc) is 2.36. The van der Waals surface area contributed by atoms with E-state index in [4.69, 9.17) is 0 Å². The minimum Gasteiger partial charge on any atom is -0.314 e. The standard InChI is InChI=1S/C14H25N3O/c1-4-8-15-13(5-2)7-6-9-17-14(18)10-12(3)11-16-17/h10-11,13,15H,4-9H2,1-3H3. The molecular weight excluding hydrogens is 226 g/mol. The lowest BCUT2D eigenvalue weighted by atomic mass is 10.1. The normalized spacial score (nSPS) is 12.6. The highest BCUT2D eigenvalue weighted by Gasteiger charge is 2.05. The fourth-order valence-electron chi connectivity index (χ4n) is 1.98. The van der Waals surface area contributed by atoms with Crippen LogP contribution in [0.25, 0.3) is 0 Å². The summed E-state index contributed by atoms with van der Waals surface area (Å²) in [6, 6.07) is 2.20. The molecule has 1 unspecified atom stereocenters. The van der Waals surface area contributed by atoms with E-state index >= 15 is 0 Å². The van der Waals surface area contributed by atoms with Crippen LogP contribution in [0.1, 0.15) is 45.1 Å². The molecule has 0 saturated carbocycles. The number of nitrogens with one attached hydrogen (secondary N) is 1. The first kappa shape index (κ1) is 14.9. The number of rotatable bonds is 8. The summed E-state index contributed by atoms with van der Waals surface area (Å²) in [5.74, 6) is 0. The van der Waals surface area contributed by atoms with Gasteiger partial charge in [-0.3, -0.25) is 4.79 Å². The van der Waals surface area contributed by atoms with Crippen LogP contribution >= 0.6 is 0 Å². The Kier molecular flexibility index (Phi) is 6.65. The molecule has 0 radical (unpaired) electrons. The molecule has 102 valence electrons. The second-order valence-corrected chi connectivity index (χ2v) is 4.80. The number of hydrogen-bond donors (Lipinski definition) is 1. The molecule has 0 spiro atoms. The molecule has 4 heteroatoms. The fourth-order valence-corrected chi connectivity index (χ4v) is 1.98. The van der Waals surface area contributed by atoms with E-state index in [1.54, 1.807) is 16.9 Å². The quantitative estimate of drug-likeness (QED) is 0.769. The topological polar surface area (TPSA) is 46.9 Å². The lowest BCUT2D eigenvalue weighted by Gasteiger charge is -2.16. The van der Waals surface area contributed by atoms with Gasteiger partial charge in [-0.05, 0) is 44.7 Å². The van der Waals surface area contributed by atoms with Crippen LogP contribution in [0, 0.1) is 6.92 Å². The molecule has 1 N–H and O–H groups in total. The minimum atomic E-state index is 0.00423. The Morgan fingerprint density at radius 2 is 2.22 bits per heavy atom. The van der Waals surface area contributed by atoms with E-state index in [1.165, 1.54) is 0 Å². The number of hydrogen-bond acceptors (Lipinski definition) is 3. The molecule has 1 aromatic rings. The van der Waals surface area contributed by atoms with Gasteiger partial charge in [0.05, 0.1) is 6.20 Å². The van der Waals surface area contributed by atoms with Gasteiger partial charge in [-0.2, -0.15) is 5.10 Å². The van der Waals surface area contributed by atoms with Crippen molar-refractivity contribution in [3.63, 3.8) is 0 Å². The predicted octanol–water partition coefficient (Wildman–Crippen LogP) is 2.11. The van der Waals surface area contributed by atoms with Crippen molar-refractivity contribution in [1.29, 1.82) is 0 Å². The Balaban J connectivity index is 2.38. The summed E-state index contributed by atoms with van der Waals surface area (Å²) in [4.78, 5) is 11.6. The molecule has 1 atom stereocenters. The van der Waals surface area contributed by atoms with Gasteiger partial charge in [0, 0.05) is 18.7 Å². The lowest BCUT2D eigenvalue weighted by Crippen LogP contribution is -2.30. The largest absolute Gasteiger partial charge is 0.314 e. The van der Waals surface area contributed by atoms with Gasteiger partial charge >= 0.3 is 0 Å². The average molecular weight is 251 g/mol. The third-order valence-electron chi connectivity index (χ3n) is 3.10. The Bertz CT molecular complexity index is 400. The van der Waals surface area contributed by atoms with Crippen molar-refractivity contribution in [2.75, 3.05) is 6.54 Å². The van der Waals surface area contributed by atoms with E-state index in [0.29, 0.717) is 12.6 Å². The highest BCUT2D eigenvalue weighted by atomic mass is 16.1. The highest BCUT2D eigenvalue weighted by Crippen LogP contribution is 2.02. The molecule has 4 nitrogen and oxygen atoms in total. The van der Waals surface area contributed by atoms with E-state index in [-0.39, 0.29) is 5.56 Å². The zero-order valence-electron chi connectivity index (χ0n) is 11.8. The summed E-state index contributed by atoms with van der Waals surface area (Å²) in [5, 5.41) is 7.67. The monoisotopic (exact) mass is 251 g/mol. The third-order valence-corrected chi connectivity index (χ3v) is 3.10. The minimum absolute atomic E-state index is 0.00423. The van der Waals surface area contributed by atoms with E-state index in [9.17, 15) is 4.79 Å². The van der Waals surface area contributed by atoms with E-state index < -0.39 is 0 Å². The van der Waals surface area contributed by atoms with Gasteiger partial charge in [0.15, 0.2) is 0 Å². The van der Waals surface area contributed by atoms with Crippen molar-refractivity contribution in [2.45, 2.75) is 59.0 Å². The Hall–Kier alpha value is -1.16. The van der Waals surface area contributed by atoms with E-state index in [1.807, 2.05) is 6.92 Å². The van der Waals surface area contributed by atoms with E-state index in [0.717, 1.165) is 37.8 Å². The van der Waals surface area contributed by atoms with Crippen molar-refractivity contribution in [3.05, 3.63) is 28.2 Å². The maximum absolute atomic E-state index is 11.6. The first-order chi connectivity index (χ1) is 8.67. The molecule has 0 aliphatic heterocycles. The van der Waals surface area contributed by atoms with Gasteiger partial charge in [-0.1, -0.05) is 13.8 Å². The zero-order chi connectivity index (χ0) is 13.4. The summed E-state index contributed by atoms with van der Waals surface area (Å²) in [7, 11) is 0. The molecule has 0 aromatic carbocycles. The summed E-state index contributed by atoms with van der Waals surface area (Å²) in [6.07, 6.45) is 6.13. The first-order valence-electron chi connectivity index (χ1n) is 6.94. The van der Waals surface area contributed by atoms with Crippen LogP contribution < -0.4 is 10.9 Å². The molecule has 0 aliphatic carbocycles.